The lowest BCUT2D eigenvalue weighted by molar-refractivity contribution is -0.142. The van der Waals surface area contributed by atoms with E-state index in [2.05, 4.69) is 5.32 Å². The summed E-state index contributed by atoms with van der Waals surface area (Å²) in [5.41, 5.74) is 1.01. The van der Waals surface area contributed by atoms with Crippen LogP contribution in [-0.2, 0) is 19.1 Å². The maximum atomic E-state index is 11.4. The van der Waals surface area contributed by atoms with Crippen LogP contribution in [0.4, 0.5) is 0 Å². The van der Waals surface area contributed by atoms with Gasteiger partial charge >= 0.3 is 5.97 Å². The van der Waals surface area contributed by atoms with Gasteiger partial charge in [0.05, 0.1) is 13.2 Å². The second kappa shape index (κ2) is 9.61. The van der Waals surface area contributed by atoms with E-state index in [9.17, 15) is 9.59 Å². The molecule has 0 aliphatic heterocycles. The number of aliphatic carboxylic acids is 1. The summed E-state index contributed by atoms with van der Waals surface area (Å²) in [6.45, 7) is 4.27. The van der Waals surface area contributed by atoms with Crippen molar-refractivity contribution in [2.24, 2.45) is 0 Å². The Labute approximate surface area is 107 Å². The van der Waals surface area contributed by atoms with Crippen molar-refractivity contribution in [2.45, 2.75) is 26.3 Å². The largest absolute Gasteiger partial charge is 0.480 e. The van der Waals surface area contributed by atoms with E-state index in [0.717, 1.165) is 5.57 Å². The fraction of sp³-hybridized carbons (Fsp3) is 0.667. The lowest BCUT2D eigenvalue weighted by atomic mass is 10.1. The van der Waals surface area contributed by atoms with Crippen LogP contribution in [0.2, 0.25) is 0 Å². The number of allylic oxidation sites excluding steroid dienone is 1. The predicted octanol–water partition coefficient (Wildman–Crippen LogP) is 0.575. The van der Waals surface area contributed by atoms with Gasteiger partial charge in [0.2, 0.25) is 5.91 Å². The van der Waals surface area contributed by atoms with Gasteiger partial charge in [-0.2, -0.15) is 0 Å². The molecule has 0 radical (unpaired) electrons. The summed E-state index contributed by atoms with van der Waals surface area (Å²) < 4.78 is 9.75. The van der Waals surface area contributed by atoms with Crippen LogP contribution in [0.5, 0.6) is 0 Å². The van der Waals surface area contributed by atoms with Gasteiger partial charge in [-0.25, -0.2) is 4.79 Å². The second-order valence-corrected chi connectivity index (χ2v) is 4.02. The van der Waals surface area contributed by atoms with Gasteiger partial charge in [0.25, 0.3) is 0 Å². The van der Waals surface area contributed by atoms with Crippen LogP contribution in [0.3, 0.4) is 0 Å². The van der Waals surface area contributed by atoms with E-state index in [1.807, 2.05) is 13.8 Å². The molecule has 0 fully saturated rings. The normalized spacial score (nSPS) is 11.7. The van der Waals surface area contributed by atoms with Crippen molar-refractivity contribution in [3.05, 3.63) is 11.6 Å². The second-order valence-electron chi connectivity index (χ2n) is 4.02. The molecule has 18 heavy (non-hydrogen) atoms. The van der Waals surface area contributed by atoms with Crippen LogP contribution in [0, 0.1) is 0 Å². The molecule has 1 amide bonds. The van der Waals surface area contributed by atoms with E-state index < -0.39 is 17.9 Å². The minimum Gasteiger partial charge on any atom is -0.480 e. The van der Waals surface area contributed by atoms with Crippen LogP contribution in [0.1, 0.15) is 20.3 Å². The van der Waals surface area contributed by atoms with Crippen molar-refractivity contribution in [3.8, 4) is 0 Å². The molecule has 0 saturated carbocycles. The van der Waals surface area contributed by atoms with E-state index in [-0.39, 0.29) is 13.0 Å². The van der Waals surface area contributed by atoms with Gasteiger partial charge in [0.15, 0.2) is 0 Å². The molecular formula is C12H21NO5. The Kier molecular flexibility index (Phi) is 8.86. The number of rotatable bonds is 9. The van der Waals surface area contributed by atoms with Gasteiger partial charge in [-0.15, -0.1) is 0 Å². The molecule has 0 aromatic carbocycles. The van der Waals surface area contributed by atoms with E-state index in [0.29, 0.717) is 13.2 Å². The van der Waals surface area contributed by atoms with Crippen molar-refractivity contribution >= 4 is 11.9 Å². The maximum Gasteiger partial charge on any atom is 0.326 e. The number of hydrogen-bond acceptors (Lipinski definition) is 4. The molecule has 6 nitrogen and oxygen atoms in total. The highest BCUT2D eigenvalue weighted by atomic mass is 16.5. The molecule has 0 aromatic rings. The molecule has 0 saturated heterocycles. The number of carboxylic acids is 1. The first-order valence-corrected chi connectivity index (χ1v) is 5.69. The summed E-state index contributed by atoms with van der Waals surface area (Å²) in [6.07, 6.45) is 2.03. The zero-order valence-corrected chi connectivity index (χ0v) is 11.1. The van der Waals surface area contributed by atoms with E-state index in [4.69, 9.17) is 14.6 Å². The Hall–Kier alpha value is -1.40. The number of methoxy groups -OCH3 is 1. The van der Waals surface area contributed by atoms with Gasteiger partial charge in [-0.1, -0.05) is 11.6 Å². The van der Waals surface area contributed by atoms with Crippen LogP contribution < -0.4 is 5.32 Å². The molecule has 104 valence electrons. The highest BCUT2D eigenvalue weighted by molar-refractivity contribution is 5.84. The third-order valence-electron chi connectivity index (χ3n) is 2.06. The number of carbonyl (C=O) groups is 2. The first kappa shape index (κ1) is 16.6. The Morgan fingerprint density at radius 1 is 1.33 bits per heavy atom. The molecule has 0 rings (SSSR count). The molecule has 0 aromatic heterocycles. The van der Waals surface area contributed by atoms with Gasteiger partial charge < -0.3 is 19.9 Å². The number of ether oxygens (including phenoxy) is 2. The van der Waals surface area contributed by atoms with E-state index >= 15 is 0 Å². The van der Waals surface area contributed by atoms with Gasteiger partial charge in [0.1, 0.15) is 12.6 Å². The Morgan fingerprint density at radius 3 is 2.50 bits per heavy atom. The topological polar surface area (TPSA) is 84.9 Å². The number of nitrogens with one attached hydrogen (secondary N) is 1. The summed E-state index contributed by atoms with van der Waals surface area (Å²) in [6, 6.07) is -0.918. The Morgan fingerprint density at radius 2 is 2.00 bits per heavy atom. The zero-order chi connectivity index (χ0) is 14.0. The SMILES string of the molecule is COCCOCC(=O)N[C@H](CC=C(C)C)C(=O)O. The summed E-state index contributed by atoms with van der Waals surface area (Å²) >= 11 is 0. The molecular weight excluding hydrogens is 238 g/mol. The van der Waals surface area contributed by atoms with Crippen molar-refractivity contribution in [2.75, 3.05) is 26.9 Å². The van der Waals surface area contributed by atoms with Crippen molar-refractivity contribution in [1.82, 2.24) is 5.32 Å². The van der Waals surface area contributed by atoms with Gasteiger partial charge in [0, 0.05) is 7.11 Å². The summed E-state index contributed by atoms with van der Waals surface area (Å²) in [4.78, 5) is 22.3. The molecule has 0 aliphatic rings. The van der Waals surface area contributed by atoms with Crippen LogP contribution in [0.15, 0.2) is 11.6 Å². The van der Waals surface area contributed by atoms with Crippen LogP contribution >= 0.6 is 0 Å². The van der Waals surface area contributed by atoms with Crippen molar-refractivity contribution < 1.29 is 24.2 Å². The molecule has 6 heteroatoms. The number of carbonyl (C=O) groups excluding carboxylic acids is 1. The monoisotopic (exact) mass is 259 g/mol. The lowest BCUT2D eigenvalue weighted by Gasteiger charge is -2.13. The lowest BCUT2D eigenvalue weighted by Crippen LogP contribution is -2.42. The third kappa shape index (κ3) is 8.72. The van der Waals surface area contributed by atoms with Crippen LogP contribution in [0.25, 0.3) is 0 Å². The van der Waals surface area contributed by atoms with Crippen LogP contribution in [-0.4, -0.2) is 50.0 Å². The minimum atomic E-state index is -1.06. The quantitative estimate of drug-likeness (QED) is 0.467. The van der Waals surface area contributed by atoms with Gasteiger partial charge in [-0.05, 0) is 20.3 Å². The standard InChI is InChI=1S/C12H21NO5/c1-9(2)4-5-10(12(15)16)13-11(14)8-18-7-6-17-3/h4,10H,5-8H2,1-3H3,(H,13,14)(H,15,16)/t10-/m1/s1. The molecule has 0 spiro atoms. The highest BCUT2D eigenvalue weighted by Crippen LogP contribution is 1.99. The number of amides is 1. The molecule has 0 bridgehead atoms. The molecule has 2 N–H and O–H groups in total. The molecule has 1 atom stereocenters. The third-order valence-corrected chi connectivity index (χ3v) is 2.06. The first-order valence-electron chi connectivity index (χ1n) is 5.69. The maximum absolute atomic E-state index is 11.4. The number of carboxylic acid groups (broad SMARTS) is 1. The minimum absolute atomic E-state index is 0.165. The molecule has 0 heterocycles. The average molecular weight is 259 g/mol. The fourth-order valence-corrected chi connectivity index (χ4v) is 1.12. The number of hydrogen-bond donors (Lipinski definition) is 2. The van der Waals surface area contributed by atoms with Crippen molar-refractivity contribution in [3.63, 3.8) is 0 Å². The smallest absolute Gasteiger partial charge is 0.326 e. The predicted molar refractivity (Wildman–Crippen MR) is 66.3 cm³/mol. The average Bonchev–Trinajstić information content (AvgIpc) is 2.29. The van der Waals surface area contributed by atoms with Gasteiger partial charge in [-0.3, -0.25) is 4.79 Å². The summed E-state index contributed by atoms with van der Waals surface area (Å²) in [5.74, 6) is -1.50. The highest BCUT2D eigenvalue weighted by Gasteiger charge is 2.18. The first-order chi connectivity index (χ1) is 8.47. The summed E-state index contributed by atoms with van der Waals surface area (Å²) in [5, 5.41) is 11.3. The molecule has 0 aliphatic carbocycles. The van der Waals surface area contributed by atoms with Crippen molar-refractivity contribution in [1.29, 1.82) is 0 Å². The van der Waals surface area contributed by atoms with E-state index in [1.165, 1.54) is 7.11 Å². The summed E-state index contributed by atoms with van der Waals surface area (Å²) in [7, 11) is 1.53. The zero-order valence-electron chi connectivity index (χ0n) is 11.1. The van der Waals surface area contributed by atoms with E-state index in [1.54, 1.807) is 6.08 Å². The fourth-order valence-electron chi connectivity index (χ4n) is 1.12. The Bertz CT molecular complexity index is 297. The molecule has 0 unspecified atom stereocenters. The Balaban J connectivity index is 4.04.